The molecule has 12 heteroatoms. The summed E-state index contributed by atoms with van der Waals surface area (Å²) in [6.07, 6.45) is -4.63. The Hall–Kier alpha value is -2.17. The number of carbonyl (C=O) groups is 1. The number of guanidine groups is 1. The monoisotopic (exact) mass is 415 g/mol. The number of hydrogen-bond donors (Lipinski definition) is 4. The Morgan fingerprint density at radius 1 is 1.31 bits per heavy atom. The van der Waals surface area contributed by atoms with E-state index >= 15 is 0 Å². The van der Waals surface area contributed by atoms with Gasteiger partial charge in [0, 0.05) is 25.0 Å². The highest BCUT2D eigenvalue weighted by Crippen LogP contribution is 2.38. The maximum atomic E-state index is 13.3. The van der Waals surface area contributed by atoms with Crippen molar-refractivity contribution >= 4 is 47.6 Å². The van der Waals surface area contributed by atoms with Crippen molar-refractivity contribution in [2.75, 3.05) is 20.2 Å². The van der Waals surface area contributed by atoms with E-state index in [1.54, 1.807) is 0 Å². The molecule has 0 saturated carbocycles. The summed E-state index contributed by atoms with van der Waals surface area (Å²) in [7, 11) is 1.25. The predicted octanol–water partition coefficient (Wildman–Crippen LogP) is 2.33. The second kappa shape index (κ2) is 8.97. The summed E-state index contributed by atoms with van der Waals surface area (Å²) >= 11 is 0. The molecule has 1 aromatic carbocycles. The van der Waals surface area contributed by atoms with Crippen LogP contribution >= 0.6 is 24.8 Å². The molecule has 0 bridgehead atoms. The number of nitrogens with one attached hydrogen (secondary N) is 2. The molecule has 1 amide bonds. The van der Waals surface area contributed by atoms with Gasteiger partial charge in [-0.1, -0.05) is 0 Å². The Bertz CT molecular complexity index is 795. The second-order valence-corrected chi connectivity index (χ2v) is 5.00. The normalized spacial score (nSPS) is 10.7. The lowest BCUT2D eigenvalue weighted by molar-refractivity contribution is -0.136. The average Bonchev–Trinajstić information content (AvgIpc) is 2.93. The van der Waals surface area contributed by atoms with Gasteiger partial charge in [-0.3, -0.25) is 15.1 Å². The Morgan fingerprint density at radius 3 is 2.42 bits per heavy atom. The number of rotatable bonds is 4. The first kappa shape index (κ1) is 23.8. The van der Waals surface area contributed by atoms with Crippen LogP contribution in [0.2, 0.25) is 0 Å². The molecular formula is C14H18Cl2F3N5O2. The second-order valence-electron chi connectivity index (χ2n) is 5.00. The first-order valence-corrected chi connectivity index (χ1v) is 6.84. The molecule has 6 N–H and O–H groups in total. The molecule has 1 heterocycles. The van der Waals surface area contributed by atoms with Gasteiger partial charge in [-0.2, -0.15) is 13.2 Å². The van der Waals surface area contributed by atoms with Gasteiger partial charge < -0.3 is 21.2 Å². The third-order valence-corrected chi connectivity index (χ3v) is 3.30. The Kier molecular flexibility index (Phi) is 8.22. The number of nitrogens with two attached hydrogens (primary N) is 2. The number of fused-ring (bicyclic) bond motifs is 1. The number of hydrogen-bond acceptors (Lipinski definition) is 4. The minimum absolute atomic E-state index is 0. The zero-order chi connectivity index (χ0) is 18.1. The molecule has 0 unspecified atom stereocenters. The van der Waals surface area contributed by atoms with E-state index < -0.39 is 23.6 Å². The molecule has 0 saturated heterocycles. The zero-order valence-corrected chi connectivity index (χ0v) is 15.1. The summed E-state index contributed by atoms with van der Waals surface area (Å²) in [5, 5.41) is 7.05. The lowest BCUT2D eigenvalue weighted by Crippen LogP contribution is -2.38. The van der Waals surface area contributed by atoms with E-state index in [1.807, 2.05) is 0 Å². The topological polar surface area (TPSA) is 121 Å². The molecule has 1 aromatic heterocycles. The van der Waals surface area contributed by atoms with Crippen LogP contribution in [0.1, 0.15) is 16.1 Å². The van der Waals surface area contributed by atoms with E-state index in [-0.39, 0.29) is 60.3 Å². The smallest absolute Gasteiger partial charge is 0.417 e. The fourth-order valence-corrected chi connectivity index (χ4v) is 2.11. The molecule has 0 atom stereocenters. The van der Waals surface area contributed by atoms with Crippen LogP contribution in [0.4, 0.5) is 13.2 Å². The van der Waals surface area contributed by atoms with Crippen LogP contribution in [0, 0.1) is 5.41 Å². The van der Waals surface area contributed by atoms with Gasteiger partial charge in [0.25, 0.3) is 5.91 Å². The van der Waals surface area contributed by atoms with Gasteiger partial charge in [-0.15, -0.1) is 24.8 Å². The minimum atomic E-state index is -4.63. The van der Waals surface area contributed by atoms with Crippen LogP contribution in [0.15, 0.2) is 18.2 Å². The first-order chi connectivity index (χ1) is 11.1. The molecule has 0 aliphatic heterocycles. The third kappa shape index (κ3) is 4.93. The van der Waals surface area contributed by atoms with Gasteiger partial charge >= 0.3 is 6.18 Å². The van der Waals surface area contributed by atoms with E-state index in [9.17, 15) is 18.0 Å². The molecule has 0 aliphatic carbocycles. The van der Waals surface area contributed by atoms with Crippen molar-refractivity contribution < 1.29 is 22.7 Å². The average molecular weight is 416 g/mol. The lowest BCUT2D eigenvalue weighted by atomic mass is 10.1. The summed E-state index contributed by atoms with van der Waals surface area (Å²) in [6.45, 7) is 0.208. The fraction of sp³-hybridized carbons (Fsp3) is 0.286. The summed E-state index contributed by atoms with van der Waals surface area (Å²) in [5.74, 6) is -1.26. The van der Waals surface area contributed by atoms with Gasteiger partial charge in [-0.25, -0.2) is 0 Å². The largest absolute Gasteiger partial charge is 0.492 e. The SMILES string of the molecule is CN(C(=N)N)C(=O)c1cc2c(C(F)(F)F)cc(OCCN)cc2[nH]1.Cl.Cl. The van der Waals surface area contributed by atoms with Gasteiger partial charge in [0.1, 0.15) is 18.1 Å². The standard InChI is InChI=1S/C14H16F3N5O2.2ClH/c1-22(13(19)20)12(23)11-6-8-9(14(15,16)17)4-7(24-3-2-18)5-10(8)21-11;;/h4-6,21H,2-3,18H2,1H3,(H3,19,20);2*1H. The van der Waals surface area contributed by atoms with Crippen LogP contribution < -0.4 is 16.2 Å². The molecule has 0 aliphatic rings. The van der Waals surface area contributed by atoms with Crippen LogP contribution in [-0.2, 0) is 6.18 Å². The summed E-state index contributed by atoms with van der Waals surface area (Å²) < 4.78 is 45.0. The Balaban J connectivity index is 0.00000312. The predicted molar refractivity (Wildman–Crippen MR) is 96.4 cm³/mol. The quantitative estimate of drug-likeness (QED) is 0.452. The third-order valence-electron chi connectivity index (χ3n) is 3.30. The van der Waals surface area contributed by atoms with E-state index in [0.29, 0.717) is 0 Å². The van der Waals surface area contributed by atoms with Crippen molar-refractivity contribution in [1.82, 2.24) is 9.88 Å². The van der Waals surface area contributed by atoms with E-state index in [0.717, 1.165) is 17.0 Å². The Labute approximate surface area is 159 Å². The number of alkyl halides is 3. The maximum absolute atomic E-state index is 13.3. The number of aromatic nitrogens is 1. The number of halogens is 5. The van der Waals surface area contributed by atoms with Gasteiger partial charge in [0.05, 0.1) is 11.1 Å². The van der Waals surface area contributed by atoms with Crippen LogP contribution in [0.5, 0.6) is 5.75 Å². The van der Waals surface area contributed by atoms with E-state index in [4.69, 9.17) is 21.6 Å². The zero-order valence-electron chi connectivity index (χ0n) is 13.5. The van der Waals surface area contributed by atoms with Gasteiger partial charge in [0.2, 0.25) is 0 Å². The number of ether oxygens (including phenoxy) is 1. The van der Waals surface area contributed by atoms with Crippen molar-refractivity contribution in [3.05, 3.63) is 29.5 Å². The van der Waals surface area contributed by atoms with Crippen LogP contribution in [0.25, 0.3) is 10.9 Å². The van der Waals surface area contributed by atoms with Crippen molar-refractivity contribution in [3.8, 4) is 5.75 Å². The van der Waals surface area contributed by atoms with E-state index in [1.165, 1.54) is 13.1 Å². The molecule has 26 heavy (non-hydrogen) atoms. The number of benzene rings is 1. The number of aromatic amines is 1. The molecule has 146 valence electrons. The van der Waals surface area contributed by atoms with Crippen LogP contribution in [0.3, 0.4) is 0 Å². The molecule has 2 aromatic rings. The summed E-state index contributed by atoms with van der Waals surface area (Å²) in [6, 6.07) is 3.28. The summed E-state index contributed by atoms with van der Waals surface area (Å²) in [5.41, 5.74) is 9.51. The van der Waals surface area contributed by atoms with E-state index in [2.05, 4.69) is 4.98 Å². The minimum Gasteiger partial charge on any atom is -0.492 e. The molecular weight excluding hydrogens is 398 g/mol. The highest BCUT2D eigenvalue weighted by Gasteiger charge is 2.34. The fourth-order valence-electron chi connectivity index (χ4n) is 2.11. The molecule has 0 radical (unpaired) electrons. The molecule has 7 nitrogen and oxygen atoms in total. The molecule has 2 rings (SSSR count). The molecule has 0 fully saturated rings. The molecule has 0 spiro atoms. The number of amides is 1. The lowest BCUT2D eigenvalue weighted by Gasteiger charge is -2.12. The van der Waals surface area contributed by atoms with Crippen LogP contribution in [-0.4, -0.2) is 41.9 Å². The van der Waals surface area contributed by atoms with Crippen molar-refractivity contribution in [2.45, 2.75) is 6.18 Å². The highest BCUT2D eigenvalue weighted by molar-refractivity contribution is 6.06. The number of H-pyrrole nitrogens is 1. The van der Waals surface area contributed by atoms with Crippen molar-refractivity contribution in [3.63, 3.8) is 0 Å². The number of carbonyl (C=O) groups excluding carboxylic acids is 1. The highest BCUT2D eigenvalue weighted by atomic mass is 35.5. The van der Waals surface area contributed by atoms with Crippen molar-refractivity contribution in [2.24, 2.45) is 11.5 Å². The maximum Gasteiger partial charge on any atom is 0.417 e. The Morgan fingerprint density at radius 2 is 1.92 bits per heavy atom. The van der Waals surface area contributed by atoms with Gasteiger partial charge in [-0.05, 0) is 12.1 Å². The van der Waals surface area contributed by atoms with Gasteiger partial charge in [0.15, 0.2) is 5.96 Å². The van der Waals surface area contributed by atoms with Crippen molar-refractivity contribution in [1.29, 1.82) is 5.41 Å². The first-order valence-electron chi connectivity index (χ1n) is 6.84. The summed E-state index contributed by atoms with van der Waals surface area (Å²) in [4.78, 5) is 15.5. The number of nitrogens with zero attached hydrogens (tertiary/aromatic N) is 1.